The monoisotopic (exact) mass is 553 g/mol. The molecule has 0 unspecified atom stereocenters. The number of nitrogens with zero attached hydrogens (tertiary/aromatic N) is 6. The number of carbonyl (C=O) groups excluding carboxylic acids is 5. The van der Waals surface area contributed by atoms with E-state index in [4.69, 9.17) is 14.2 Å². The van der Waals surface area contributed by atoms with Crippen molar-refractivity contribution in [1.29, 1.82) is 0 Å². The summed E-state index contributed by atoms with van der Waals surface area (Å²) in [6, 6.07) is 9.69. The number of nitrogens with one attached hydrogen (secondary N) is 1. The number of ether oxygens (including phenoxy) is 3. The second-order valence-electron chi connectivity index (χ2n) is 7.74. The molecule has 0 radical (unpaired) electrons. The molecule has 0 spiro atoms. The zero-order valence-electron chi connectivity index (χ0n) is 21.8. The van der Waals surface area contributed by atoms with Crippen molar-refractivity contribution in [2.45, 2.75) is 13.8 Å². The minimum Gasteiger partial charge on any atom is -0.491 e. The standard InChI is InChI=1S/C13H14N4O4.C12H13N3O4/c1-2-21-8-7-14-11(18)9-3-5-10(6-4-9)17-12(19)15-16-13(17)20;1-2-18-7-8-19-10-5-3-9(4-6-10)15-11(16)13-14-12(15)17/h3-6H,2,7-8H2,1H3,(H,14,18);3-6H,2,7-8H2,1H3. The van der Waals surface area contributed by atoms with E-state index in [9.17, 15) is 24.0 Å². The predicted octanol–water partition coefficient (Wildman–Crippen LogP) is 4.58. The van der Waals surface area contributed by atoms with Crippen molar-refractivity contribution in [3.05, 3.63) is 54.1 Å². The van der Waals surface area contributed by atoms with Crippen molar-refractivity contribution in [2.75, 3.05) is 49.4 Å². The van der Waals surface area contributed by atoms with Crippen LogP contribution in [-0.4, -0.2) is 69.6 Å². The van der Waals surface area contributed by atoms with Gasteiger partial charge in [0.2, 0.25) is 0 Å². The van der Waals surface area contributed by atoms with Crippen molar-refractivity contribution in [1.82, 2.24) is 5.32 Å². The Bertz CT molecular complexity index is 1240. The Kier molecular flexibility index (Phi) is 11.0. The van der Waals surface area contributed by atoms with E-state index in [0.717, 1.165) is 9.80 Å². The van der Waals surface area contributed by atoms with E-state index in [1.807, 2.05) is 13.8 Å². The van der Waals surface area contributed by atoms with Crippen LogP contribution in [0.4, 0.5) is 30.6 Å². The summed E-state index contributed by atoms with van der Waals surface area (Å²) >= 11 is 0. The zero-order valence-corrected chi connectivity index (χ0v) is 21.8. The summed E-state index contributed by atoms with van der Waals surface area (Å²) < 4.78 is 15.7. The van der Waals surface area contributed by atoms with Crippen LogP contribution in [-0.2, 0) is 9.47 Å². The lowest BCUT2D eigenvalue weighted by molar-refractivity contribution is 0.0922. The first-order valence-corrected chi connectivity index (χ1v) is 12.2. The van der Waals surface area contributed by atoms with Gasteiger partial charge in [0.25, 0.3) is 5.91 Å². The van der Waals surface area contributed by atoms with Gasteiger partial charge >= 0.3 is 24.1 Å². The fourth-order valence-electron chi connectivity index (χ4n) is 3.25. The van der Waals surface area contributed by atoms with Gasteiger partial charge in [-0.25, -0.2) is 29.0 Å². The van der Waals surface area contributed by atoms with Gasteiger partial charge in [-0.05, 0) is 62.4 Å². The number of azo groups is 2. The van der Waals surface area contributed by atoms with Crippen molar-refractivity contribution in [2.24, 2.45) is 20.5 Å². The average molecular weight is 554 g/mol. The van der Waals surface area contributed by atoms with E-state index >= 15 is 0 Å². The maximum absolute atomic E-state index is 11.8. The minimum atomic E-state index is -0.742. The van der Waals surface area contributed by atoms with Gasteiger partial charge in [-0.15, -0.1) is 0 Å². The van der Waals surface area contributed by atoms with E-state index in [0.29, 0.717) is 62.3 Å². The van der Waals surface area contributed by atoms with Gasteiger partial charge < -0.3 is 19.5 Å². The number of urea groups is 4. The van der Waals surface area contributed by atoms with Crippen molar-refractivity contribution in [3.8, 4) is 5.75 Å². The molecule has 0 aliphatic carbocycles. The summed E-state index contributed by atoms with van der Waals surface area (Å²) in [5.74, 6) is 0.381. The van der Waals surface area contributed by atoms with Crippen LogP contribution in [0.25, 0.3) is 0 Å². The summed E-state index contributed by atoms with van der Waals surface area (Å²) in [6.07, 6.45) is 0. The van der Waals surface area contributed by atoms with E-state index in [2.05, 4.69) is 25.8 Å². The van der Waals surface area contributed by atoms with Gasteiger partial charge in [-0.1, -0.05) is 20.5 Å². The molecule has 2 aromatic carbocycles. The summed E-state index contributed by atoms with van der Waals surface area (Å²) in [5.41, 5.74) is 1.15. The molecule has 2 aromatic rings. The molecule has 15 nitrogen and oxygen atoms in total. The largest absolute Gasteiger partial charge is 0.491 e. The molecule has 0 saturated carbocycles. The normalized spacial score (nSPS) is 14.1. The Morgan fingerprint density at radius 2 is 1.12 bits per heavy atom. The van der Waals surface area contributed by atoms with E-state index in [-0.39, 0.29) is 5.91 Å². The summed E-state index contributed by atoms with van der Waals surface area (Å²) in [4.78, 5) is 58.9. The molecule has 9 amide bonds. The molecule has 2 aliphatic heterocycles. The second-order valence-corrected chi connectivity index (χ2v) is 7.74. The molecule has 2 heterocycles. The first-order valence-electron chi connectivity index (χ1n) is 12.2. The smallest absolute Gasteiger partial charge is 0.375 e. The van der Waals surface area contributed by atoms with Crippen molar-refractivity contribution >= 4 is 41.4 Å². The molecule has 15 heteroatoms. The quantitative estimate of drug-likeness (QED) is 0.371. The van der Waals surface area contributed by atoms with E-state index < -0.39 is 24.1 Å². The molecular formula is C25H27N7O8. The third-order valence-electron chi connectivity index (χ3n) is 5.13. The topological polar surface area (TPSA) is 181 Å². The van der Waals surface area contributed by atoms with Gasteiger partial charge in [0, 0.05) is 25.3 Å². The van der Waals surface area contributed by atoms with Crippen molar-refractivity contribution in [3.63, 3.8) is 0 Å². The minimum absolute atomic E-state index is 0.255. The number of hydrogen-bond donors (Lipinski definition) is 1. The van der Waals surface area contributed by atoms with Crippen LogP contribution >= 0.6 is 0 Å². The van der Waals surface area contributed by atoms with Crippen LogP contribution in [0, 0.1) is 0 Å². The number of hydrogen-bond acceptors (Lipinski definition) is 8. The first-order chi connectivity index (χ1) is 19.3. The van der Waals surface area contributed by atoms with Crippen LogP contribution in [0.5, 0.6) is 5.75 Å². The molecule has 0 fully saturated rings. The van der Waals surface area contributed by atoms with Gasteiger partial charge in [0.05, 0.1) is 24.6 Å². The third-order valence-corrected chi connectivity index (χ3v) is 5.13. The lowest BCUT2D eigenvalue weighted by Gasteiger charge is -2.11. The SMILES string of the molecule is CCOCCNC(=O)c1ccc(N2C(=O)N=NC2=O)cc1.CCOCCOc1ccc(N2C(=O)N=NC2=O)cc1. The molecule has 0 aromatic heterocycles. The van der Waals surface area contributed by atoms with Crippen LogP contribution in [0.3, 0.4) is 0 Å². The third kappa shape index (κ3) is 8.05. The summed E-state index contributed by atoms with van der Waals surface area (Å²) in [7, 11) is 0. The number of rotatable bonds is 12. The maximum Gasteiger partial charge on any atom is 0.375 e. The Labute approximate surface area is 228 Å². The number of carbonyl (C=O) groups is 5. The number of imide groups is 2. The highest BCUT2D eigenvalue weighted by Crippen LogP contribution is 2.23. The summed E-state index contributed by atoms with van der Waals surface area (Å²) in [6.45, 7) is 6.84. The highest BCUT2D eigenvalue weighted by atomic mass is 16.5. The number of benzene rings is 2. The fourth-order valence-corrected chi connectivity index (χ4v) is 3.25. The highest BCUT2D eigenvalue weighted by Gasteiger charge is 2.29. The van der Waals surface area contributed by atoms with Crippen LogP contribution in [0.2, 0.25) is 0 Å². The Morgan fingerprint density at radius 1 is 0.675 bits per heavy atom. The molecule has 210 valence electrons. The number of amides is 9. The molecule has 40 heavy (non-hydrogen) atoms. The molecule has 0 atom stereocenters. The van der Waals surface area contributed by atoms with Gasteiger partial charge in [0.15, 0.2) is 0 Å². The van der Waals surface area contributed by atoms with Crippen LogP contribution < -0.4 is 19.9 Å². The van der Waals surface area contributed by atoms with E-state index in [1.54, 1.807) is 24.3 Å². The molecule has 4 rings (SSSR count). The Balaban J connectivity index is 0.000000222. The molecular weight excluding hydrogens is 526 g/mol. The maximum atomic E-state index is 11.8. The van der Waals surface area contributed by atoms with Crippen molar-refractivity contribution < 1.29 is 38.2 Å². The lowest BCUT2D eigenvalue weighted by atomic mass is 10.2. The Hall–Kier alpha value is -4.89. The lowest BCUT2D eigenvalue weighted by Crippen LogP contribution is -2.28. The van der Waals surface area contributed by atoms with Gasteiger partial charge in [0.1, 0.15) is 12.4 Å². The van der Waals surface area contributed by atoms with Crippen LogP contribution in [0.1, 0.15) is 24.2 Å². The molecule has 1 N–H and O–H groups in total. The van der Waals surface area contributed by atoms with Gasteiger partial charge in [-0.3, -0.25) is 4.79 Å². The highest BCUT2D eigenvalue weighted by molar-refractivity contribution is 6.18. The first kappa shape index (κ1) is 29.7. The average Bonchev–Trinajstić information content (AvgIpc) is 3.48. The van der Waals surface area contributed by atoms with E-state index in [1.165, 1.54) is 24.3 Å². The molecule has 2 aliphatic rings. The summed E-state index contributed by atoms with van der Waals surface area (Å²) in [5, 5.41) is 15.4. The van der Waals surface area contributed by atoms with Gasteiger partial charge in [-0.2, -0.15) is 0 Å². The predicted molar refractivity (Wildman–Crippen MR) is 140 cm³/mol. The molecule has 0 saturated heterocycles. The van der Waals surface area contributed by atoms with Crippen LogP contribution in [0.15, 0.2) is 69.0 Å². The number of anilines is 2. The zero-order chi connectivity index (χ0) is 28.9. The Morgan fingerprint density at radius 3 is 1.60 bits per heavy atom. The molecule has 0 bridgehead atoms. The fraction of sp³-hybridized carbons (Fsp3) is 0.320. The second kappa shape index (κ2) is 14.9.